The van der Waals surface area contributed by atoms with Gasteiger partial charge >= 0.3 is 0 Å². The minimum absolute atomic E-state index is 0.578. The van der Waals surface area contributed by atoms with Crippen LogP contribution in [0.25, 0.3) is 11.4 Å². The molecule has 1 N–H and O–H groups in total. The molecular formula is C14H14Br2N2OS. The summed E-state index contributed by atoms with van der Waals surface area (Å²) in [5.74, 6) is 1.56. The van der Waals surface area contributed by atoms with E-state index in [1.165, 1.54) is 0 Å². The van der Waals surface area contributed by atoms with Crippen molar-refractivity contribution in [3.8, 4) is 17.1 Å². The largest absolute Gasteiger partial charge is 0.496 e. The Kier molecular flexibility index (Phi) is 5.35. The molecular weight excluding hydrogens is 404 g/mol. The van der Waals surface area contributed by atoms with E-state index in [9.17, 15) is 0 Å². The van der Waals surface area contributed by atoms with Crippen LogP contribution in [0.2, 0.25) is 0 Å². The molecule has 1 aromatic heterocycles. The summed E-state index contributed by atoms with van der Waals surface area (Å²) in [6, 6.07) is 5.83. The van der Waals surface area contributed by atoms with E-state index in [1.807, 2.05) is 18.2 Å². The number of hydrogen-bond acceptors (Lipinski definition) is 3. The van der Waals surface area contributed by atoms with E-state index in [2.05, 4.69) is 48.8 Å². The van der Waals surface area contributed by atoms with E-state index >= 15 is 0 Å². The van der Waals surface area contributed by atoms with Gasteiger partial charge in [0.1, 0.15) is 16.2 Å². The van der Waals surface area contributed by atoms with Crippen molar-refractivity contribution in [2.75, 3.05) is 7.11 Å². The smallest absolute Gasteiger partial charge is 0.144 e. The molecule has 0 aliphatic heterocycles. The number of rotatable bonds is 4. The monoisotopic (exact) mass is 416 g/mol. The number of halogens is 2. The molecule has 20 heavy (non-hydrogen) atoms. The lowest BCUT2D eigenvalue weighted by atomic mass is 10.2. The predicted molar refractivity (Wildman–Crippen MR) is 90.8 cm³/mol. The fraction of sp³-hybridized carbons (Fsp3) is 0.286. The normalized spacial score (nSPS) is 10.6. The van der Waals surface area contributed by atoms with Crippen molar-refractivity contribution in [3.05, 3.63) is 37.5 Å². The molecule has 2 aromatic rings. The number of H-pyrrole nitrogens is 1. The summed E-state index contributed by atoms with van der Waals surface area (Å²) in [4.78, 5) is 7.78. The van der Waals surface area contributed by atoms with Gasteiger partial charge in [-0.25, -0.2) is 4.98 Å². The SMILES string of the molecule is CCCc1[nH]c(-c2ccc(OC)c(Br)c2)nc(=S)c1Br. The summed E-state index contributed by atoms with van der Waals surface area (Å²) in [6.07, 6.45) is 1.97. The average Bonchev–Trinajstić information content (AvgIpc) is 2.43. The van der Waals surface area contributed by atoms with Crippen molar-refractivity contribution in [2.45, 2.75) is 19.8 Å². The highest BCUT2D eigenvalue weighted by atomic mass is 79.9. The first kappa shape index (κ1) is 15.7. The molecule has 6 heteroatoms. The van der Waals surface area contributed by atoms with Crippen LogP contribution < -0.4 is 4.74 Å². The number of aromatic nitrogens is 2. The average molecular weight is 418 g/mol. The Hall–Kier alpha value is -0.720. The molecule has 0 unspecified atom stereocenters. The summed E-state index contributed by atoms with van der Waals surface area (Å²) >= 11 is 12.3. The van der Waals surface area contributed by atoms with Crippen molar-refractivity contribution in [1.29, 1.82) is 0 Å². The second-order valence-corrected chi connectivity index (χ2v) is 6.32. The topological polar surface area (TPSA) is 37.9 Å². The van der Waals surface area contributed by atoms with Crippen molar-refractivity contribution in [1.82, 2.24) is 9.97 Å². The van der Waals surface area contributed by atoms with E-state index in [0.717, 1.165) is 44.6 Å². The number of aryl methyl sites for hydroxylation is 1. The fourth-order valence-electron chi connectivity index (χ4n) is 1.88. The van der Waals surface area contributed by atoms with Crippen LogP contribution in [0.15, 0.2) is 27.1 Å². The molecule has 2 rings (SSSR count). The number of nitrogens with one attached hydrogen (secondary N) is 1. The van der Waals surface area contributed by atoms with Crippen LogP contribution in [-0.4, -0.2) is 17.1 Å². The first-order valence-corrected chi connectivity index (χ1v) is 8.18. The highest BCUT2D eigenvalue weighted by molar-refractivity contribution is 9.10. The lowest BCUT2D eigenvalue weighted by Gasteiger charge is -2.09. The zero-order valence-electron chi connectivity index (χ0n) is 11.2. The number of hydrogen-bond donors (Lipinski definition) is 1. The minimum atomic E-state index is 0.578. The molecule has 0 radical (unpaired) electrons. The van der Waals surface area contributed by atoms with Crippen molar-refractivity contribution < 1.29 is 4.74 Å². The third-order valence-corrected chi connectivity index (χ3v) is 4.89. The summed E-state index contributed by atoms with van der Waals surface area (Å²) in [5.41, 5.74) is 2.04. The Balaban J connectivity index is 2.52. The molecule has 106 valence electrons. The van der Waals surface area contributed by atoms with Crippen LogP contribution >= 0.6 is 44.1 Å². The van der Waals surface area contributed by atoms with Gasteiger partial charge in [0.05, 0.1) is 16.1 Å². The molecule has 0 aliphatic rings. The van der Waals surface area contributed by atoms with E-state index < -0.39 is 0 Å². The molecule has 0 atom stereocenters. The zero-order chi connectivity index (χ0) is 14.7. The molecule has 0 amide bonds. The van der Waals surface area contributed by atoms with E-state index in [0.29, 0.717) is 4.64 Å². The van der Waals surface area contributed by atoms with Gasteiger partial charge in [-0.1, -0.05) is 25.6 Å². The maximum Gasteiger partial charge on any atom is 0.144 e. The molecule has 1 aromatic carbocycles. The lowest BCUT2D eigenvalue weighted by Crippen LogP contribution is -1.98. The van der Waals surface area contributed by atoms with Gasteiger partial charge in [0.25, 0.3) is 0 Å². The molecule has 0 spiro atoms. The Bertz CT molecular complexity index is 685. The van der Waals surface area contributed by atoms with Crippen LogP contribution in [0.3, 0.4) is 0 Å². The van der Waals surface area contributed by atoms with Crippen LogP contribution in [0.1, 0.15) is 19.0 Å². The first-order chi connectivity index (χ1) is 9.56. The zero-order valence-corrected chi connectivity index (χ0v) is 15.2. The predicted octanol–water partition coefficient (Wildman–Crippen LogP) is 5.29. The molecule has 3 nitrogen and oxygen atoms in total. The van der Waals surface area contributed by atoms with Crippen molar-refractivity contribution in [3.63, 3.8) is 0 Å². The van der Waals surface area contributed by atoms with E-state index in [1.54, 1.807) is 7.11 Å². The van der Waals surface area contributed by atoms with Crippen LogP contribution in [0, 0.1) is 4.64 Å². The molecule has 0 saturated heterocycles. The third-order valence-electron chi connectivity index (χ3n) is 2.86. The summed E-state index contributed by atoms with van der Waals surface area (Å²) < 4.78 is 7.58. The quantitative estimate of drug-likeness (QED) is 0.686. The standard InChI is InChI=1S/C14H14Br2N2OS/c1-3-4-10-12(16)14(20)18-13(17-10)8-5-6-11(19-2)9(15)7-8/h5-7H,3-4H2,1-2H3,(H,17,18,20). The number of nitrogens with zero attached hydrogens (tertiary/aromatic N) is 1. The molecule has 1 heterocycles. The Morgan fingerprint density at radius 3 is 2.70 bits per heavy atom. The maximum atomic E-state index is 5.31. The van der Waals surface area contributed by atoms with Gasteiger partial charge < -0.3 is 9.72 Å². The summed E-state index contributed by atoms with van der Waals surface area (Å²) in [7, 11) is 1.64. The Labute approximate surface area is 140 Å². The van der Waals surface area contributed by atoms with Gasteiger partial charge in [-0.05, 0) is 56.5 Å². The molecule has 0 aliphatic carbocycles. The molecule has 0 bridgehead atoms. The van der Waals surface area contributed by atoms with Gasteiger partial charge in [0.15, 0.2) is 0 Å². The van der Waals surface area contributed by atoms with Crippen LogP contribution in [0.5, 0.6) is 5.75 Å². The van der Waals surface area contributed by atoms with Gasteiger partial charge in [-0.15, -0.1) is 0 Å². The summed E-state index contributed by atoms with van der Waals surface area (Å²) in [6.45, 7) is 2.13. The van der Waals surface area contributed by atoms with Crippen LogP contribution in [-0.2, 0) is 6.42 Å². The number of aromatic amines is 1. The third kappa shape index (κ3) is 3.30. The molecule has 0 fully saturated rings. The first-order valence-electron chi connectivity index (χ1n) is 6.19. The maximum absolute atomic E-state index is 5.31. The number of methoxy groups -OCH3 is 1. The second kappa shape index (κ2) is 6.83. The Morgan fingerprint density at radius 1 is 1.35 bits per heavy atom. The highest BCUT2D eigenvalue weighted by Gasteiger charge is 2.09. The van der Waals surface area contributed by atoms with Crippen molar-refractivity contribution in [2.24, 2.45) is 0 Å². The van der Waals surface area contributed by atoms with E-state index in [-0.39, 0.29) is 0 Å². The van der Waals surface area contributed by atoms with Gasteiger partial charge in [0, 0.05) is 11.3 Å². The Morgan fingerprint density at radius 2 is 2.10 bits per heavy atom. The highest BCUT2D eigenvalue weighted by Crippen LogP contribution is 2.30. The number of benzene rings is 1. The van der Waals surface area contributed by atoms with Crippen molar-refractivity contribution >= 4 is 44.1 Å². The lowest BCUT2D eigenvalue weighted by molar-refractivity contribution is 0.412. The summed E-state index contributed by atoms with van der Waals surface area (Å²) in [5, 5.41) is 0. The molecule has 0 saturated carbocycles. The van der Waals surface area contributed by atoms with Gasteiger partial charge in [-0.2, -0.15) is 0 Å². The van der Waals surface area contributed by atoms with Gasteiger partial charge in [-0.3, -0.25) is 0 Å². The number of ether oxygens (including phenoxy) is 1. The minimum Gasteiger partial charge on any atom is -0.496 e. The fourth-order valence-corrected chi connectivity index (χ4v) is 3.02. The van der Waals surface area contributed by atoms with Gasteiger partial charge in [0.2, 0.25) is 0 Å². The van der Waals surface area contributed by atoms with E-state index in [4.69, 9.17) is 17.0 Å². The van der Waals surface area contributed by atoms with Crippen LogP contribution in [0.4, 0.5) is 0 Å². The second-order valence-electron chi connectivity index (χ2n) is 4.28.